The van der Waals surface area contributed by atoms with E-state index < -0.39 is 0 Å². The zero-order chi connectivity index (χ0) is 16.6. The lowest BCUT2D eigenvalue weighted by molar-refractivity contribution is 0.399. The van der Waals surface area contributed by atoms with Gasteiger partial charge in [0.25, 0.3) is 0 Å². The fraction of sp³-hybridized carbons (Fsp3) is 0.200. The van der Waals surface area contributed by atoms with Gasteiger partial charge in [0.05, 0.1) is 17.1 Å². The Kier molecular flexibility index (Phi) is 7.49. The van der Waals surface area contributed by atoms with Crippen molar-refractivity contribution in [2.75, 3.05) is 18.6 Å². The number of anilines is 2. The topological polar surface area (TPSA) is 140 Å². The molecule has 0 radical (unpaired) electrons. The van der Waals surface area contributed by atoms with Crippen LogP contribution in [0, 0.1) is 17.7 Å². The van der Waals surface area contributed by atoms with Crippen LogP contribution in [0.25, 0.3) is 0 Å². The number of nitrogens with one attached hydrogen (secondary N) is 2. The molecule has 0 unspecified atom stereocenters. The second kappa shape index (κ2) is 8.55. The maximum atomic E-state index is 9.18. The van der Waals surface area contributed by atoms with Gasteiger partial charge in [-0.3, -0.25) is 10.8 Å². The van der Waals surface area contributed by atoms with Gasteiger partial charge in [-0.1, -0.05) is 6.08 Å². The molecule has 0 heterocycles. The molecule has 1 aliphatic rings. The average molecular weight is 290 g/mol. The van der Waals surface area contributed by atoms with Crippen molar-refractivity contribution in [1.82, 2.24) is 0 Å². The normalized spacial score (nSPS) is 12.7. The third-order valence-electron chi connectivity index (χ3n) is 2.68. The molecule has 0 saturated heterocycles. The standard InChI is InChI=1S/C7H10N2O.C7H8N2.CH4O/c1-4-5(8)2-3-6(9)7(4)10;1-5-2-3-6(8)7(9)4-5;1-2/h2-3,10H,8-9H2,1H3;2-4,8-9H,1H3;2H,1H3. The Morgan fingerprint density at radius 1 is 0.905 bits per heavy atom. The number of hydrogen-bond acceptors (Lipinski definition) is 6. The Hall–Kier alpha value is -2.60. The monoisotopic (exact) mass is 290 g/mol. The van der Waals surface area contributed by atoms with E-state index in [1.165, 1.54) is 0 Å². The van der Waals surface area contributed by atoms with Crippen LogP contribution >= 0.6 is 0 Å². The van der Waals surface area contributed by atoms with Gasteiger partial charge in [0.1, 0.15) is 5.75 Å². The molecule has 6 nitrogen and oxygen atoms in total. The summed E-state index contributed by atoms with van der Waals surface area (Å²) in [4.78, 5) is 0. The Balaban J connectivity index is 0.000000342. The largest absolute Gasteiger partial charge is 0.505 e. The molecule has 114 valence electrons. The van der Waals surface area contributed by atoms with Crippen molar-refractivity contribution in [3.63, 3.8) is 0 Å². The third-order valence-corrected chi connectivity index (χ3v) is 2.68. The highest BCUT2D eigenvalue weighted by Crippen LogP contribution is 2.28. The SMILES string of the molecule is CC1=CC(=N)C(=N)C=C1.CO.Cc1c(N)ccc(N)c1O. The average Bonchev–Trinajstić information content (AvgIpc) is 2.48. The van der Waals surface area contributed by atoms with E-state index in [0.717, 1.165) is 12.7 Å². The second-order valence-electron chi connectivity index (χ2n) is 4.27. The number of phenolic OH excluding ortho intramolecular Hbond substituents is 1. The van der Waals surface area contributed by atoms with E-state index in [-0.39, 0.29) is 5.75 Å². The molecule has 1 aromatic carbocycles. The van der Waals surface area contributed by atoms with E-state index in [2.05, 4.69) is 0 Å². The highest BCUT2D eigenvalue weighted by molar-refractivity contribution is 6.49. The molecule has 0 atom stereocenters. The van der Waals surface area contributed by atoms with Crippen LogP contribution in [0.2, 0.25) is 0 Å². The second-order valence-corrected chi connectivity index (χ2v) is 4.27. The maximum absolute atomic E-state index is 9.18. The van der Waals surface area contributed by atoms with Crippen LogP contribution in [-0.2, 0) is 0 Å². The Morgan fingerprint density at radius 2 is 1.43 bits per heavy atom. The molecule has 0 amide bonds. The number of allylic oxidation sites excluding steroid dienone is 4. The van der Waals surface area contributed by atoms with Gasteiger partial charge in [-0.05, 0) is 43.7 Å². The lowest BCUT2D eigenvalue weighted by atomic mass is 10.1. The Bertz CT molecular complexity index is 563. The van der Waals surface area contributed by atoms with Crippen molar-refractivity contribution in [3.8, 4) is 5.75 Å². The van der Waals surface area contributed by atoms with Crippen LogP contribution in [0.3, 0.4) is 0 Å². The lowest BCUT2D eigenvalue weighted by Gasteiger charge is -2.04. The summed E-state index contributed by atoms with van der Waals surface area (Å²) in [6, 6.07) is 3.25. The van der Waals surface area contributed by atoms with Crippen LogP contribution in [0.15, 0.2) is 35.9 Å². The van der Waals surface area contributed by atoms with Gasteiger partial charge in [-0.15, -0.1) is 0 Å². The number of rotatable bonds is 0. The first kappa shape index (κ1) is 18.4. The summed E-state index contributed by atoms with van der Waals surface area (Å²) in [5.74, 6) is 0.0833. The van der Waals surface area contributed by atoms with E-state index in [1.54, 1.807) is 31.2 Å². The zero-order valence-corrected chi connectivity index (χ0v) is 12.4. The van der Waals surface area contributed by atoms with Gasteiger partial charge in [0.15, 0.2) is 0 Å². The van der Waals surface area contributed by atoms with Crippen LogP contribution in [0.1, 0.15) is 12.5 Å². The van der Waals surface area contributed by atoms with Gasteiger partial charge in [0.2, 0.25) is 0 Å². The zero-order valence-electron chi connectivity index (χ0n) is 12.4. The Morgan fingerprint density at radius 3 is 1.86 bits per heavy atom. The summed E-state index contributed by atoms with van der Waals surface area (Å²) in [5, 5.41) is 30.5. The molecule has 21 heavy (non-hydrogen) atoms. The van der Waals surface area contributed by atoms with Gasteiger partial charge < -0.3 is 21.7 Å². The van der Waals surface area contributed by atoms with Gasteiger partial charge in [0, 0.05) is 18.4 Å². The predicted molar refractivity (Wildman–Crippen MR) is 88.2 cm³/mol. The number of benzene rings is 1. The summed E-state index contributed by atoms with van der Waals surface area (Å²) >= 11 is 0. The minimum absolute atomic E-state index is 0.0833. The van der Waals surface area contributed by atoms with E-state index in [9.17, 15) is 5.11 Å². The number of nitrogens with two attached hydrogens (primary N) is 2. The number of aliphatic hydroxyl groups excluding tert-OH is 1. The molecule has 0 fully saturated rings. The van der Waals surface area contributed by atoms with E-state index in [0.29, 0.717) is 28.4 Å². The van der Waals surface area contributed by atoms with Crippen molar-refractivity contribution < 1.29 is 10.2 Å². The number of aromatic hydroxyl groups is 1. The third kappa shape index (κ3) is 5.50. The van der Waals surface area contributed by atoms with Crippen molar-refractivity contribution in [1.29, 1.82) is 10.8 Å². The molecule has 8 N–H and O–H groups in total. The molecule has 1 aliphatic carbocycles. The van der Waals surface area contributed by atoms with E-state index in [1.807, 2.05) is 13.0 Å². The summed E-state index contributed by atoms with van der Waals surface area (Å²) in [6.45, 7) is 3.64. The molecule has 0 saturated carbocycles. The fourth-order valence-corrected chi connectivity index (χ4v) is 1.39. The number of phenols is 1. The Labute approximate surface area is 124 Å². The molecule has 0 spiro atoms. The molecule has 0 bridgehead atoms. The summed E-state index contributed by atoms with van der Waals surface area (Å²) in [7, 11) is 1.00. The fourth-order valence-electron chi connectivity index (χ4n) is 1.39. The van der Waals surface area contributed by atoms with Crippen molar-refractivity contribution in [2.24, 2.45) is 0 Å². The highest BCUT2D eigenvalue weighted by Gasteiger charge is 2.02. The van der Waals surface area contributed by atoms with Gasteiger partial charge in [-0.2, -0.15) is 0 Å². The molecule has 2 rings (SSSR count). The highest BCUT2D eigenvalue weighted by atomic mass is 16.3. The number of aliphatic hydroxyl groups is 1. The van der Waals surface area contributed by atoms with Crippen LogP contribution in [0.4, 0.5) is 11.4 Å². The summed E-state index contributed by atoms with van der Waals surface area (Å²) < 4.78 is 0. The lowest BCUT2D eigenvalue weighted by Crippen LogP contribution is -2.08. The summed E-state index contributed by atoms with van der Waals surface area (Å²) in [6.07, 6.45) is 5.15. The van der Waals surface area contributed by atoms with Crippen molar-refractivity contribution in [3.05, 3.63) is 41.5 Å². The minimum Gasteiger partial charge on any atom is -0.505 e. The quantitative estimate of drug-likeness (QED) is 0.247. The summed E-state index contributed by atoms with van der Waals surface area (Å²) in [5.41, 5.74) is 14.1. The van der Waals surface area contributed by atoms with Crippen LogP contribution < -0.4 is 11.5 Å². The molecule has 6 heteroatoms. The van der Waals surface area contributed by atoms with E-state index in [4.69, 9.17) is 27.4 Å². The van der Waals surface area contributed by atoms with Crippen LogP contribution in [-0.4, -0.2) is 28.7 Å². The number of hydrogen-bond donors (Lipinski definition) is 6. The first-order valence-corrected chi connectivity index (χ1v) is 6.15. The van der Waals surface area contributed by atoms with Crippen LogP contribution in [0.5, 0.6) is 5.75 Å². The molecule has 0 aromatic heterocycles. The van der Waals surface area contributed by atoms with Gasteiger partial charge >= 0.3 is 0 Å². The number of nitrogen functional groups attached to an aromatic ring is 2. The molecule has 0 aliphatic heterocycles. The predicted octanol–water partition coefficient (Wildman–Crippen LogP) is 2.02. The van der Waals surface area contributed by atoms with E-state index >= 15 is 0 Å². The molecular formula is C15H22N4O2. The van der Waals surface area contributed by atoms with Crippen molar-refractivity contribution in [2.45, 2.75) is 13.8 Å². The smallest absolute Gasteiger partial charge is 0.143 e. The maximum Gasteiger partial charge on any atom is 0.143 e. The minimum atomic E-state index is 0.0833. The first-order valence-electron chi connectivity index (χ1n) is 6.15. The van der Waals surface area contributed by atoms with Crippen molar-refractivity contribution >= 4 is 22.8 Å². The van der Waals surface area contributed by atoms with Gasteiger partial charge in [-0.25, -0.2) is 0 Å². The first-order chi connectivity index (χ1) is 9.82. The molecule has 1 aromatic rings. The molecular weight excluding hydrogens is 268 g/mol.